The Hall–Kier alpha value is -1.19. The van der Waals surface area contributed by atoms with Crippen LogP contribution in [0.25, 0.3) is 0 Å². The van der Waals surface area contributed by atoms with Gasteiger partial charge in [-0.1, -0.05) is 58.0 Å². The summed E-state index contributed by atoms with van der Waals surface area (Å²) in [5.74, 6) is -0.377. The molecule has 1 aromatic rings. The molecule has 1 N–H and O–H groups in total. The van der Waals surface area contributed by atoms with Crippen molar-refractivity contribution in [3.05, 3.63) is 35.9 Å². The van der Waals surface area contributed by atoms with E-state index >= 15 is 0 Å². The summed E-state index contributed by atoms with van der Waals surface area (Å²) in [6, 6.07) is 9.89. The highest BCUT2D eigenvalue weighted by atomic mass is 16.5. The minimum Gasteiger partial charge on any atom is -0.392 e. The summed E-state index contributed by atoms with van der Waals surface area (Å²) < 4.78 is 5.59. The first-order chi connectivity index (χ1) is 9.43. The number of aliphatic hydroxyl groups excluding tert-OH is 1. The van der Waals surface area contributed by atoms with Gasteiger partial charge in [-0.25, -0.2) is 0 Å². The number of hydrogen-bond acceptors (Lipinski definition) is 3. The van der Waals surface area contributed by atoms with E-state index < -0.39 is 6.10 Å². The number of carbonyl (C=O) groups is 1. The standard InChI is InChI=1S/C17H26O3/c1-12(2)16(18)14(4)17(19)13(3)10-20-11-15-8-6-5-7-9-15/h5-9,12-14,16,18H,10-11H2,1-4H3/t13-,14+,16-/m0/s1. The lowest BCUT2D eigenvalue weighted by atomic mass is 9.86. The van der Waals surface area contributed by atoms with Gasteiger partial charge in [0, 0.05) is 11.8 Å². The lowest BCUT2D eigenvalue weighted by Gasteiger charge is -2.23. The molecule has 0 saturated heterocycles. The van der Waals surface area contributed by atoms with Crippen molar-refractivity contribution >= 4 is 5.78 Å². The van der Waals surface area contributed by atoms with Crippen LogP contribution >= 0.6 is 0 Å². The third-order valence-corrected chi connectivity index (χ3v) is 3.61. The Bertz CT molecular complexity index is 400. The first-order valence-corrected chi connectivity index (χ1v) is 7.27. The molecule has 0 aliphatic rings. The number of benzene rings is 1. The van der Waals surface area contributed by atoms with Crippen LogP contribution in [0.4, 0.5) is 0 Å². The fourth-order valence-electron chi connectivity index (χ4n) is 2.20. The minimum atomic E-state index is -0.584. The van der Waals surface area contributed by atoms with Crippen LogP contribution in [0.3, 0.4) is 0 Å². The van der Waals surface area contributed by atoms with Gasteiger partial charge in [0.05, 0.1) is 19.3 Å². The predicted octanol–water partition coefficient (Wildman–Crippen LogP) is 3.06. The molecule has 0 radical (unpaired) electrons. The molecule has 0 unspecified atom stereocenters. The first-order valence-electron chi connectivity index (χ1n) is 7.27. The van der Waals surface area contributed by atoms with Crippen molar-refractivity contribution in [1.29, 1.82) is 0 Å². The van der Waals surface area contributed by atoms with Gasteiger partial charge in [-0.2, -0.15) is 0 Å². The summed E-state index contributed by atoms with van der Waals surface area (Å²) in [6.45, 7) is 8.40. The lowest BCUT2D eigenvalue weighted by Crippen LogP contribution is -2.34. The summed E-state index contributed by atoms with van der Waals surface area (Å²) in [7, 11) is 0. The van der Waals surface area contributed by atoms with Gasteiger partial charge in [0.2, 0.25) is 0 Å². The van der Waals surface area contributed by atoms with Crippen LogP contribution in [-0.2, 0) is 16.1 Å². The van der Waals surface area contributed by atoms with E-state index in [1.54, 1.807) is 6.92 Å². The second-order valence-electron chi connectivity index (χ2n) is 5.83. The van der Waals surface area contributed by atoms with E-state index in [9.17, 15) is 9.90 Å². The number of Topliss-reactive ketones (excluding diaryl/α,β-unsaturated/α-hetero) is 1. The van der Waals surface area contributed by atoms with Crippen molar-refractivity contribution < 1.29 is 14.6 Å². The molecule has 3 heteroatoms. The van der Waals surface area contributed by atoms with E-state index in [2.05, 4.69) is 0 Å². The van der Waals surface area contributed by atoms with Crippen molar-refractivity contribution in [3.8, 4) is 0 Å². The molecule has 0 fully saturated rings. The third-order valence-electron chi connectivity index (χ3n) is 3.61. The Balaban J connectivity index is 2.38. The van der Waals surface area contributed by atoms with Gasteiger partial charge in [-0.15, -0.1) is 0 Å². The molecule has 0 heterocycles. The maximum Gasteiger partial charge on any atom is 0.143 e. The number of rotatable bonds is 8. The molecular weight excluding hydrogens is 252 g/mol. The van der Waals surface area contributed by atoms with Crippen molar-refractivity contribution in [1.82, 2.24) is 0 Å². The highest BCUT2D eigenvalue weighted by Gasteiger charge is 2.27. The highest BCUT2D eigenvalue weighted by molar-refractivity contribution is 5.83. The Morgan fingerprint density at radius 2 is 1.75 bits per heavy atom. The zero-order valence-corrected chi connectivity index (χ0v) is 12.9. The van der Waals surface area contributed by atoms with Crippen molar-refractivity contribution in [2.45, 2.75) is 40.4 Å². The molecule has 0 aromatic heterocycles. The Labute approximate surface area is 122 Å². The van der Waals surface area contributed by atoms with Crippen molar-refractivity contribution in [2.24, 2.45) is 17.8 Å². The molecule has 3 atom stereocenters. The van der Waals surface area contributed by atoms with Gasteiger partial charge in [-0.05, 0) is 11.5 Å². The first kappa shape index (κ1) is 16.9. The van der Waals surface area contributed by atoms with Crippen LogP contribution in [-0.4, -0.2) is 23.6 Å². The topological polar surface area (TPSA) is 46.5 Å². The Kier molecular flexibility index (Phi) is 6.89. The monoisotopic (exact) mass is 278 g/mol. The molecule has 0 aliphatic carbocycles. The second-order valence-corrected chi connectivity index (χ2v) is 5.83. The fourth-order valence-corrected chi connectivity index (χ4v) is 2.20. The van der Waals surface area contributed by atoms with Crippen LogP contribution in [0, 0.1) is 17.8 Å². The van der Waals surface area contributed by atoms with Crippen LogP contribution in [0.15, 0.2) is 30.3 Å². The maximum atomic E-state index is 12.2. The highest BCUT2D eigenvalue weighted by Crippen LogP contribution is 2.17. The molecule has 0 amide bonds. The quantitative estimate of drug-likeness (QED) is 0.795. The summed E-state index contributed by atoms with van der Waals surface area (Å²) >= 11 is 0. The molecular formula is C17H26O3. The maximum absolute atomic E-state index is 12.2. The van der Waals surface area contributed by atoms with Crippen LogP contribution in [0.1, 0.15) is 33.3 Å². The minimum absolute atomic E-state index is 0.0688. The van der Waals surface area contributed by atoms with Gasteiger partial charge >= 0.3 is 0 Å². The smallest absolute Gasteiger partial charge is 0.143 e. The normalized spacial score (nSPS) is 15.9. The van der Waals surface area contributed by atoms with Gasteiger partial charge in [0.1, 0.15) is 5.78 Å². The molecule has 1 aromatic carbocycles. The van der Waals surface area contributed by atoms with E-state index in [0.717, 1.165) is 5.56 Å². The molecule has 20 heavy (non-hydrogen) atoms. The van der Waals surface area contributed by atoms with E-state index in [-0.39, 0.29) is 23.5 Å². The number of ketones is 1. The number of hydrogen-bond donors (Lipinski definition) is 1. The van der Waals surface area contributed by atoms with Crippen LogP contribution < -0.4 is 0 Å². The summed E-state index contributed by atoms with van der Waals surface area (Å²) in [5.41, 5.74) is 1.10. The molecule has 1 rings (SSSR count). The van der Waals surface area contributed by atoms with E-state index in [1.807, 2.05) is 51.1 Å². The molecule has 0 saturated carbocycles. The number of aliphatic hydroxyl groups is 1. The predicted molar refractivity (Wildman–Crippen MR) is 80.3 cm³/mol. The third kappa shape index (κ3) is 5.06. The zero-order valence-electron chi connectivity index (χ0n) is 12.9. The molecule has 0 bridgehead atoms. The number of carbonyl (C=O) groups excluding carboxylic acids is 1. The fraction of sp³-hybridized carbons (Fsp3) is 0.588. The van der Waals surface area contributed by atoms with Crippen LogP contribution in [0.5, 0.6) is 0 Å². The molecule has 0 spiro atoms. The summed E-state index contributed by atoms with van der Waals surface area (Å²) in [6.07, 6.45) is -0.584. The van der Waals surface area contributed by atoms with Gasteiger partial charge in [0.25, 0.3) is 0 Å². The van der Waals surface area contributed by atoms with Gasteiger partial charge < -0.3 is 9.84 Å². The Morgan fingerprint density at radius 3 is 2.30 bits per heavy atom. The van der Waals surface area contributed by atoms with Crippen molar-refractivity contribution in [3.63, 3.8) is 0 Å². The SMILES string of the molecule is CC(C)[C@H](O)[C@@H](C)C(=O)[C@@H](C)COCc1ccccc1. The van der Waals surface area contributed by atoms with E-state index in [4.69, 9.17) is 4.74 Å². The molecule has 0 aliphatic heterocycles. The molecule has 112 valence electrons. The van der Waals surface area contributed by atoms with E-state index in [1.165, 1.54) is 0 Å². The second kappa shape index (κ2) is 8.18. The summed E-state index contributed by atoms with van der Waals surface area (Å²) in [5, 5.41) is 9.96. The lowest BCUT2D eigenvalue weighted by molar-refractivity contribution is -0.132. The molecule has 3 nitrogen and oxygen atoms in total. The van der Waals surface area contributed by atoms with Gasteiger partial charge in [-0.3, -0.25) is 4.79 Å². The average Bonchev–Trinajstić information content (AvgIpc) is 2.45. The largest absolute Gasteiger partial charge is 0.392 e. The number of ether oxygens (including phenoxy) is 1. The average molecular weight is 278 g/mol. The van der Waals surface area contributed by atoms with Crippen molar-refractivity contribution in [2.75, 3.05) is 6.61 Å². The van der Waals surface area contributed by atoms with Gasteiger partial charge in [0.15, 0.2) is 0 Å². The van der Waals surface area contributed by atoms with Crippen LogP contribution in [0.2, 0.25) is 0 Å². The zero-order chi connectivity index (χ0) is 15.1. The summed E-state index contributed by atoms with van der Waals surface area (Å²) in [4.78, 5) is 12.2. The van der Waals surface area contributed by atoms with E-state index in [0.29, 0.717) is 13.2 Å². The Morgan fingerprint density at radius 1 is 1.15 bits per heavy atom.